The summed E-state index contributed by atoms with van der Waals surface area (Å²) < 4.78 is 35.5. The highest BCUT2D eigenvalue weighted by Gasteiger charge is 2.28. The second-order valence-electron chi connectivity index (χ2n) is 2.35. The third kappa shape index (κ3) is 3.15. The third-order valence-electron chi connectivity index (χ3n) is 1.24. The Morgan fingerprint density at radius 1 is 1.42 bits per heavy atom. The average Bonchev–Trinajstić information content (AvgIpc) is 2.32. The molecule has 0 atom stereocenters. The maximum absolute atomic E-state index is 11.8. The van der Waals surface area contributed by atoms with E-state index in [0.29, 0.717) is 10.2 Å². The van der Waals surface area contributed by atoms with Gasteiger partial charge in [-0.15, -0.1) is 11.3 Å². The summed E-state index contributed by atoms with van der Waals surface area (Å²) >= 11 is 4.33. The van der Waals surface area contributed by atoms with E-state index in [-0.39, 0.29) is 0 Å². The van der Waals surface area contributed by atoms with Gasteiger partial charge in [0.25, 0.3) is 0 Å². The number of thiophene rings is 1. The SMILES string of the molecule is FC(F)(F)Cc1cc(CBr)cs1. The molecule has 68 valence electrons. The predicted octanol–water partition coefficient (Wildman–Crippen LogP) is 3.75. The molecule has 1 rings (SSSR count). The van der Waals surface area contributed by atoms with Gasteiger partial charge >= 0.3 is 6.18 Å². The molecule has 0 fully saturated rings. The van der Waals surface area contributed by atoms with E-state index in [9.17, 15) is 13.2 Å². The van der Waals surface area contributed by atoms with E-state index in [1.54, 1.807) is 11.4 Å². The van der Waals surface area contributed by atoms with E-state index in [0.717, 1.165) is 16.9 Å². The second-order valence-corrected chi connectivity index (χ2v) is 3.90. The molecule has 0 nitrogen and oxygen atoms in total. The molecule has 0 amide bonds. The number of halogens is 4. The van der Waals surface area contributed by atoms with Crippen LogP contribution in [0.5, 0.6) is 0 Å². The predicted molar refractivity (Wildman–Crippen MR) is 46.7 cm³/mol. The molecule has 0 N–H and O–H groups in total. The standard InChI is InChI=1S/C7H6BrF3S/c8-3-5-1-6(12-4-5)2-7(9,10)11/h1,4H,2-3H2. The third-order valence-corrected chi connectivity index (χ3v) is 2.87. The largest absolute Gasteiger partial charge is 0.393 e. The van der Waals surface area contributed by atoms with E-state index in [1.165, 1.54) is 0 Å². The van der Waals surface area contributed by atoms with Crippen molar-refractivity contribution in [2.24, 2.45) is 0 Å². The molecule has 1 aromatic heterocycles. The van der Waals surface area contributed by atoms with Crippen molar-refractivity contribution in [1.82, 2.24) is 0 Å². The van der Waals surface area contributed by atoms with E-state index in [2.05, 4.69) is 15.9 Å². The zero-order valence-corrected chi connectivity index (χ0v) is 8.39. The summed E-state index contributed by atoms with van der Waals surface area (Å²) in [4.78, 5) is 0.372. The van der Waals surface area contributed by atoms with Gasteiger partial charge in [-0.1, -0.05) is 15.9 Å². The van der Waals surface area contributed by atoms with Gasteiger partial charge in [0.1, 0.15) is 0 Å². The molecule has 0 radical (unpaired) electrons. The van der Waals surface area contributed by atoms with Crippen LogP contribution in [0.25, 0.3) is 0 Å². The molecule has 0 spiro atoms. The maximum atomic E-state index is 11.8. The van der Waals surface area contributed by atoms with Crippen molar-refractivity contribution in [2.75, 3.05) is 0 Å². The smallest absolute Gasteiger partial charge is 0.171 e. The first-order valence-electron chi connectivity index (χ1n) is 3.20. The normalized spacial score (nSPS) is 12.0. The summed E-state index contributed by atoms with van der Waals surface area (Å²) in [5.41, 5.74) is 0.902. The van der Waals surface area contributed by atoms with E-state index >= 15 is 0 Å². The quantitative estimate of drug-likeness (QED) is 0.709. The van der Waals surface area contributed by atoms with Crippen LogP contribution in [0.3, 0.4) is 0 Å². The van der Waals surface area contributed by atoms with Gasteiger partial charge in [0.2, 0.25) is 0 Å². The minimum Gasteiger partial charge on any atom is -0.171 e. The minimum absolute atomic E-state index is 0.372. The van der Waals surface area contributed by atoms with Crippen LogP contribution in [0.15, 0.2) is 11.4 Å². The van der Waals surface area contributed by atoms with Gasteiger partial charge < -0.3 is 0 Å². The number of rotatable bonds is 2. The van der Waals surface area contributed by atoms with Gasteiger partial charge in [0.15, 0.2) is 0 Å². The number of hydrogen-bond donors (Lipinski definition) is 0. The molecule has 0 saturated carbocycles. The topological polar surface area (TPSA) is 0 Å². The van der Waals surface area contributed by atoms with Crippen molar-refractivity contribution in [2.45, 2.75) is 17.9 Å². The fraction of sp³-hybridized carbons (Fsp3) is 0.429. The van der Waals surface area contributed by atoms with Crippen LogP contribution in [0.1, 0.15) is 10.4 Å². The Balaban J connectivity index is 2.64. The lowest BCUT2D eigenvalue weighted by Crippen LogP contribution is -2.10. The van der Waals surface area contributed by atoms with Crippen LogP contribution < -0.4 is 0 Å². The van der Waals surface area contributed by atoms with Gasteiger partial charge in [0, 0.05) is 10.2 Å². The van der Waals surface area contributed by atoms with Crippen LogP contribution in [0.4, 0.5) is 13.2 Å². The van der Waals surface area contributed by atoms with Crippen molar-refractivity contribution in [3.8, 4) is 0 Å². The second kappa shape index (κ2) is 3.79. The van der Waals surface area contributed by atoms with Crippen LogP contribution in [0.2, 0.25) is 0 Å². The molecule has 0 aliphatic rings. The Hall–Kier alpha value is -0.0300. The van der Waals surface area contributed by atoms with Gasteiger partial charge in [-0.3, -0.25) is 0 Å². The lowest BCUT2D eigenvalue weighted by Gasteiger charge is -2.02. The summed E-state index contributed by atoms with van der Waals surface area (Å²) in [5, 5.41) is 2.34. The average molecular weight is 259 g/mol. The molecule has 0 aliphatic carbocycles. The van der Waals surface area contributed by atoms with Gasteiger partial charge in [-0.25, -0.2) is 0 Å². The monoisotopic (exact) mass is 258 g/mol. The highest BCUT2D eigenvalue weighted by Crippen LogP contribution is 2.26. The molecule has 0 bridgehead atoms. The first-order valence-corrected chi connectivity index (χ1v) is 5.20. The molecular formula is C7H6BrF3S. The fourth-order valence-electron chi connectivity index (χ4n) is 0.787. The summed E-state index contributed by atoms with van der Waals surface area (Å²) in [7, 11) is 0. The molecule has 0 aliphatic heterocycles. The van der Waals surface area contributed by atoms with Crippen LogP contribution in [0, 0.1) is 0 Å². The minimum atomic E-state index is -4.09. The van der Waals surface area contributed by atoms with Gasteiger partial charge in [0.05, 0.1) is 6.42 Å². The van der Waals surface area contributed by atoms with Crippen molar-refractivity contribution >= 4 is 27.3 Å². The lowest BCUT2D eigenvalue weighted by atomic mass is 10.3. The molecule has 5 heteroatoms. The summed E-state index contributed by atoms with van der Waals surface area (Å²) in [6, 6.07) is 1.58. The van der Waals surface area contributed by atoms with Crippen LogP contribution in [-0.2, 0) is 11.8 Å². The number of hydrogen-bond acceptors (Lipinski definition) is 1. The maximum Gasteiger partial charge on any atom is 0.393 e. The van der Waals surface area contributed by atoms with Crippen molar-refractivity contribution < 1.29 is 13.2 Å². The highest BCUT2D eigenvalue weighted by atomic mass is 79.9. The lowest BCUT2D eigenvalue weighted by molar-refractivity contribution is -0.126. The highest BCUT2D eigenvalue weighted by molar-refractivity contribution is 9.08. The summed E-state index contributed by atoms with van der Waals surface area (Å²) in [6.07, 6.45) is -4.90. The van der Waals surface area contributed by atoms with Gasteiger partial charge in [-0.2, -0.15) is 13.2 Å². The van der Waals surface area contributed by atoms with Crippen molar-refractivity contribution in [1.29, 1.82) is 0 Å². The van der Waals surface area contributed by atoms with Crippen LogP contribution in [-0.4, -0.2) is 6.18 Å². The summed E-state index contributed by atoms with van der Waals surface area (Å²) in [6.45, 7) is 0. The zero-order valence-electron chi connectivity index (χ0n) is 5.99. The Bertz CT molecular complexity index is 253. The first-order chi connectivity index (χ1) is 5.51. The Labute approximate surface area is 80.5 Å². The van der Waals surface area contributed by atoms with Gasteiger partial charge in [-0.05, 0) is 17.0 Å². The molecular weight excluding hydrogens is 253 g/mol. The Morgan fingerprint density at radius 2 is 2.08 bits per heavy atom. The molecule has 0 unspecified atom stereocenters. The molecule has 0 aromatic carbocycles. The molecule has 1 heterocycles. The van der Waals surface area contributed by atoms with Crippen LogP contribution >= 0.6 is 27.3 Å². The van der Waals surface area contributed by atoms with E-state index < -0.39 is 12.6 Å². The van der Waals surface area contributed by atoms with E-state index in [4.69, 9.17) is 0 Å². The van der Waals surface area contributed by atoms with E-state index in [1.807, 2.05) is 0 Å². The fourth-order valence-corrected chi connectivity index (χ4v) is 2.25. The Morgan fingerprint density at radius 3 is 2.50 bits per heavy atom. The van der Waals surface area contributed by atoms with Crippen molar-refractivity contribution in [3.63, 3.8) is 0 Å². The Kier molecular flexibility index (Phi) is 3.17. The summed E-state index contributed by atoms with van der Waals surface area (Å²) in [5.74, 6) is 0. The van der Waals surface area contributed by atoms with Crippen molar-refractivity contribution in [3.05, 3.63) is 21.9 Å². The molecule has 12 heavy (non-hydrogen) atoms. The first kappa shape index (κ1) is 10.1. The zero-order chi connectivity index (χ0) is 9.19. The molecule has 0 saturated heterocycles. The number of alkyl halides is 4. The molecule has 1 aromatic rings.